The van der Waals surface area contributed by atoms with Gasteiger partial charge in [-0.25, -0.2) is 4.98 Å². The molecule has 0 saturated carbocycles. The fraction of sp³-hybridized carbons (Fsp3) is 0.389. The molecule has 0 aliphatic carbocycles. The molecule has 5 nitrogen and oxygen atoms in total. The van der Waals surface area contributed by atoms with Crippen molar-refractivity contribution in [2.24, 2.45) is 0 Å². The maximum absolute atomic E-state index is 12.9. The number of halogens is 3. The third-order valence-electron chi connectivity index (χ3n) is 4.51. The molecule has 3 aromatic heterocycles. The fourth-order valence-corrected chi connectivity index (χ4v) is 4.20. The number of ether oxygens (including phenoxy) is 1. The number of hydrogen-bond donors (Lipinski definition) is 0. The second-order valence-electron chi connectivity index (χ2n) is 6.38. The van der Waals surface area contributed by atoms with E-state index >= 15 is 0 Å². The summed E-state index contributed by atoms with van der Waals surface area (Å²) >= 11 is 1.24. The molecule has 4 heterocycles. The first-order valence-corrected chi connectivity index (χ1v) is 9.45. The second kappa shape index (κ2) is 7.30. The van der Waals surface area contributed by atoms with Gasteiger partial charge in [0.15, 0.2) is 10.8 Å². The predicted octanol–water partition coefficient (Wildman–Crippen LogP) is 4.54. The summed E-state index contributed by atoms with van der Waals surface area (Å²) in [5, 5.41) is 0.691. The zero-order valence-corrected chi connectivity index (χ0v) is 15.1. The Labute approximate surface area is 157 Å². The highest BCUT2D eigenvalue weighted by Crippen LogP contribution is 2.36. The molecule has 1 aliphatic heterocycles. The number of nitrogens with zero attached hydrogens (tertiary/aromatic N) is 4. The molecule has 1 unspecified atom stereocenters. The van der Waals surface area contributed by atoms with E-state index in [9.17, 15) is 13.2 Å². The molecule has 0 N–H and O–H groups in total. The van der Waals surface area contributed by atoms with Crippen LogP contribution in [-0.4, -0.2) is 34.1 Å². The summed E-state index contributed by atoms with van der Waals surface area (Å²) in [4.78, 5) is 14.5. The summed E-state index contributed by atoms with van der Waals surface area (Å²) in [5.74, 6) is 0.698. The molecule has 4 rings (SSSR count). The van der Waals surface area contributed by atoms with Gasteiger partial charge in [-0.1, -0.05) is 11.3 Å². The van der Waals surface area contributed by atoms with Crippen molar-refractivity contribution in [1.82, 2.24) is 15.0 Å². The highest BCUT2D eigenvalue weighted by Gasteiger charge is 2.32. The minimum Gasteiger partial charge on any atom is -0.490 e. The third kappa shape index (κ3) is 3.97. The van der Waals surface area contributed by atoms with Gasteiger partial charge in [-0.2, -0.15) is 18.2 Å². The van der Waals surface area contributed by atoms with E-state index in [1.165, 1.54) is 11.3 Å². The van der Waals surface area contributed by atoms with Crippen molar-refractivity contribution in [3.05, 3.63) is 42.4 Å². The van der Waals surface area contributed by atoms with Crippen LogP contribution in [-0.2, 0) is 6.18 Å². The Morgan fingerprint density at radius 1 is 1.26 bits per heavy atom. The first kappa shape index (κ1) is 18.0. The number of hydrogen-bond acceptors (Lipinski definition) is 6. The van der Waals surface area contributed by atoms with Crippen LogP contribution >= 0.6 is 11.3 Å². The molecule has 9 heteroatoms. The zero-order valence-electron chi connectivity index (χ0n) is 14.3. The van der Waals surface area contributed by atoms with Crippen molar-refractivity contribution < 1.29 is 17.9 Å². The van der Waals surface area contributed by atoms with E-state index in [0.717, 1.165) is 38.1 Å². The van der Waals surface area contributed by atoms with Gasteiger partial charge < -0.3 is 9.64 Å². The first-order chi connectivity index (χ1) is 13.0. The van der Waals surface area contributed by atoms with Gasteiger partial charge in [0, 0.05) is 18.9 Å². The summed E-state index contributed by atoms with van der Waals surface area (Å²) < 4.78 is 45.0. The number of thiazole rings is 1. The van der Waals surface area contributed by atoms with Crippen molar-refractivity contribution in [1.29, 1.82) is 0 Å². The van der Waals surface area contributed by atoms with Gasteiger partial charge in [-0.3, -0.25) is 4.98 Å². The maximum atomic E-state index is 12.9. The third-order valence-corrected chi connectivity index (χ3v) is 5.54. The Morgan fingerprint density at radius 2 is 2.15 bits per heavy atom. The molecule has 0 bridgehead atoms. The SMILES string of the molecule is FC(F)(F)c1cnc2nc(N3CCCCC3COc3cccnc3)sc2c1. The lowest BCUT2D eigenvalue weighted by Gasteiger charge is -2.35. The molecule has 3 aromatic rings. The first-order valence-electron chi connectivity index (χ1n) is 8.64. The Bertz CT molecular complexity index is 916. The van der Waals surface area contributed by atoms with Crippen LogP contribution in [0, 0.1) is 0 Å². The number of alkyl halides is 3. The van der Waals surface area contributed by atoms with E-state index in [4.69, 9.17) is 4.74 Å². The number of pyridine rings is 2. The van der Waals surface area contributed by atoms with E-state index in [0.29, 0.717) is 27.8 Å². The molecule has 0 radical (unpaired) electrons. The van der Waals surface area contributed by atoms with Crippen molar-refractivity contribution in [3.63, 3.8) is 0 Å². The highest BCUT2D eigenvalue weighted by atomic mass is 32.1. The fourth-order valence-electron chi connectivity index (χ4n) is 3.14. The number of piperidine rings is 1. The highest BCUT2D eigenvalue weighted by molar-refractivity contribution is 7.22. The molecule has 27 heavy (non-hydrogen) atoms. The van der Waals surface area contributed by atoms with E-state index in [-0.39, 0.29) is 6.04 Å². The molecular weight excluding hydrogens is 377 g/mol. The van der Waals surface area contributed by atoms with Crippen molar-refractivity contribution in [2.45, 2.75) is 31.5 Å². The van der Waals surface area contributed by atoms with Gasteiger partial charge in [-0.15, -0.1) is 0 Å². The Balaban J connectivity index is 1.56. The lowest BCUT2D eigenvalue weighted by Crippen LogP contribution is -2.43. The lowest BCUT2D eigenvalue weighted by atomic mass is 10.0. The van der Waals surface area contributed by atoms with Gasteiger partial charge >= 0.3 is 6.18 Å². The minimum atomic E-state index is -4.41. The molecule has 1 fully saturated rings. The molecule has 1 aliphatic rings. The number of aromatic nitrogens is 3. The average Bonchev–Trinajstić information content (AvgIpc) is 3.10. The van der Waals surface area contributed by atoms with E-state index in [1.54, 1.807) is 12.4 Å². The molecule has 1 atom stereocenters. The topological polar surface area (TPSA) is 51.1 Å². The molecule has 0 spiro atoms. The van der Waals surface area contributed by atoms with Crippen LogP contribution in [0.3, 0.4) is 0 Å². The predicted molar refractivity (Wildman–Crippen MR) is 97.1 cm³/mol. The standard InChI is InChI=1S/C18H17F3N4OS/c19-18(20,21)12-8-15-16(23-9-12)24-17(27-15)25-7-2-1-4-13(25)11-26-14-5-3-6-22-10-14/h3,5-6,8-10,13H,1-2,4,7,11H2. The van der Waals surface area contributed by atoms with E-state index in [2.05, 4.69) is 19.9 Å². The number of rotatable bonds is 4. The molecule has 142 valence electrons. The van der Waals surface area contributed by atoms with Crippen LogP contribution in [0.4, 0.5) is 18.3 Å². The smallest absolute Gasteiger partial charge is 0.417 e. The summed E-state index contributed by atoms with van der Waals surface area (Å²) in [7, 11) is 0. The monoisotopic (exact) mass is 394 g/mol. The van der Waals surface area contributed by atoms with Crippen LogP contribution in [0.25, 0.3) is 10.3 Å². The summed E-state index contributed by atoms with van der Waals surface area (Å²) in [5.41, 5.74) is -0.402. The Kier molecular flexibility index (Phi) is 4.86. The zero-order chi connectivity index (χ0) is 18.9. The van der Waals surface area contributed by atoms with Gasteiger partial charge in [0.25, 0.3) is 0 Å². The average molecular weight is 394 g/mol. The molecule has 0 amide bonds. The van der Waals surface area contributed by atoms with E-state index < -0.39 is 11.7 Å². The van der Waals surface area contributed by atoms with Crippen LogP contribution < -0.4 is 9.64 Å². The maximum Gasteiger partial charge on any atom is 0.417 e. The van der Waals surface area contributed by atoms with Crippen molar-refractivity contribution >= 4 is 26.8 Å². The van der Waals surface area contributed by atoms with Crippen LogP contribution in [0.15, 0.2) is 36.8 Å². The van der Waals surface area contributed by atoms with Crippen molar-refractivity contribution in [2.75, 3.05) is 18.1 Å². The van der Waals surface area contributed by atoms with Gasteiger partial charge in [0.05, 0.1) is 22.5 Å². The van der Waals surface area contributed by atoms with Gasteiger partial charge in [0.1, 0.15) is 12.4 Å². The normalized spacial score (nSPS) is 18.0. The molecular formula is C18H17F3N4OS. The quantitative estimate of drug-likeness (QED) is 0.650. The van der Waals surface area contributed by atoms with E-state index in [1.807, 2.05) is 12.1 Å². The summed E-state index contributed by atoms with van der Waals surface area (Å²) in [6, 6.07) is 4.89. The second-order valence-corrected chi connectivity index (χ2v) is 7.39. The molecule has 1 saturated heterocycles. The van der Waals surface area contributed by atoms with Crippen molar-refractivity contribution in [3.8, 4) is 5.75 Å². The number of anilines is 1. The van der Waals surface area contributed by atoms with Gasteiger partial charge in [0.2, 0.25) is 0 Å². The Hall–Kier alpha value is -2.42. The Morgan fingerprint density at radius 3 is 2.93 bits per heavy atom. The summed E-state index contributed by atoms with van der Waals surface area (Å²) in [6.45, 7) is 1.27. The van der Waals surface area contributed by atoms with Crippen LogP contribution in [0.1, 0.15) is 24.8 Å². The number of fused-ring (bicyclic) bond motifs is 1. The van der Waals surface area contributed by atoms with Crippen LogP contribution in [0.5, 0.6) is 5.75 Å². The lowest BCUT2D eigenvalue weighted by molar-refractivity contribution is -0.137. The summed E-state index contributed by atoms with van der Waals surface area (Å²) in [6.07, 6.45) is 2.81. The largest absolute Gasteiger partial charge is 0.490 e. The van der Waals surface area contributed by atoms with Gasteiger partial charge in [-0.05, 0) is 37.5 Å². The molecule has 0 aromatic carbocycles. The van der Waals surface area contributed by atoms with Crippen LogP contribution in [0.2, 0.25) is 0 Å². The minimum absolute atomic E-state index is 0.113.